The summed E-state index contributed by atoms with van der Waals surface area (Å²) in [5, 5.41) is 2.66. The SMILES string of the molecule is COc1ccc(NC(=O)CN(C)C(=O)CNS(=O)(=O)c2cc(C)ccc2C)cc1. The number of hydrogen-bond acceptors (Lipinski definition) is 5. The van der Waals surface area contributed by atoms with E-state index in [1.807, 2.05) is 6.07 Å². The molecule has 0 aliphatic rings. The van der Waals surface area contributed by atoms with E-state index in [0.29, 0.717) is 17.0 Å². The number of nitrogens with one attached hydrogen (secondary N) is 2. The number of carbonyl (C=O) groups excluding carboxylic acids is 2. The van der Waals surface area contributed by atoms with Crippen molar-refractivity contribution in [3.05, 3.63) is 53.6 Å². The molecule has 29 heavy (non-hydrogen) atoms. The van der Waals surface area contributed by atoms with Crippen molar-refractivity contribution < 1.29 is 22.7 Å². The number of carbonyl (C=O) groups is 2. The highest BCUT2D eigenvalue weighted by atomic mass is 32.2. The van der Waals surface area contributed by atoms with Crippen molar-refractivity contribution in [2.45, 2.75) is 18.7 Å². The second-order valence-electron chi connectivity index (χ2n) is 6.62. The lowest BCUT2D eigenvalue weighted by Gasteiger charge is -2.17. The van der Waals surface area contributed by atoms with Gasteiger partial charge in [0.25, 0.3) is 0 Å². The van der Waals surface area contributed by atoms with Gasteiger partial charge in [0.05, 0.1) is 25.1 Å². The molecule has 0 unspecified atom stereocenters. The van der Waals surface area contributed by atoms with Gasteiger partial charge in [-0.1, -0.05) is 12.1 Å². The topological polar surface area (TPSA) is 105 Å². The van der Waals surface area contributed by atoms with E-state index in [0.717, 1.165) is 10.5 Å². The highest BCUT2D eigenvalue weighted by molar-refractivity contribution is 7.89. The Morgan fingerprint density at radius 3 is 2.34 bits per heavy atom. The summed E-state index contributed by atoms with van der Waals surface area (Å²) < 4.78 is 32.3. The van der Waals surface area contributed by atoms with Gasteiger partial charge in [-0.3, -0.25) is 9.59 Å². The van der Waals surface area contributed by atoms with Crippen LogP contribution in [0.3, 0.4) is 0 Å². The number of methoxy groups -OCH3 is 1. The fourth-order valence-corrected chi connectivity index (χ4v) is 3.85. The van der Waals surface area contributed by atoms with Gasteiger partial charge >= 0.3 is 0 Å². The second-order valence-corrected chi connectivity index (χ2v) is 8.36. The van der Waals surface area contributed by atoms with Crippen LogP contribution in [0.4, 0.5) is 5.69 Å². The standard InChI is InChI=1S/C20H25N3O5S/c1-14-5-6-15(2)18(11-14)29(26,27)21-12-20(25)23(3)13-19(24)22-16-7-9-17(28-4)10-8-16/h5-11,21H,12-13H2,1-4H3,(H,22,24). The number of hydrogen-bond donors (Lipinski definition) is 2. The lowest BCUT2D eigenvalue weighted by Crippen LogP contribution is -2.41. The van der Waals surface area contributed by atoms with Gasteiger partial charge in [0, 0.05) is 12.7 Å². The third-order valence-electron chi connectivity index (χ3n) is 4.23. The van der Waals surface area contributed by atoms with E-state index in [9.17, 15) is 18.0 Å². The minimum Gasteiger partial charge on any atom is -0.497 e. The number of amides is 2. The molecule has 0 saturated carbocycles. The van der Waals surface area contributed by atoms with Gasteiger partial charge in [-0.05, 0) is 55.3 Å². The van der Waals surface area contributed by atoms with Gasteiger partial charge in [-0.15, -0.1) is 0 Å². The zero-order valence-electron chi connectivity index (χ0n) is 16.9. The number of rotatable bonds is 8. The Morgan fingerprint density at radius 2 is 1.72 bits per heavy atom. The van der Waals surface area contributed by atoms with E-state index in [1.54, 1.807) is 57.4 Å². The zero-order chi connectivity index (χ0) is 21.6. The lowest BCUT2D eigenvalue weighted by molar-refractivity contribution is -0.132. The molecule has 2 amide bonds. The second kappa shape index (κ2) is 9.53. The third kappa shape index (κ3) is 6.30. The maximum Gasteiger partial charge on any atom is 0.243 e. The fourth-order valence-electron chi connectivity index (χ4n) is 2.54. The molecular weight excluding hydrogens is 394 g/mol. The van der Waals surface area contributed by atoms with E-state index in [-0.39, 0.29) is 11.4 Å². The Balaban J connectivity index is 1.90. The number of benzene rings is 2. The molecule has 8 nitrogen and oxygen atoms in total. The van der Waals surface area contributed by atoms with Gasteiger partial charge in [-0.25, -0.2) is 13.1 Å². The molecule has 0 spiro atoms. The summed E-state index contributed by atoms with van der Waals surface area (Å²) in [6.07, 6.45) is 0. The first-order chi connectivity index (χ1) is 13.6. The van der Waals surface area contributed by atoms with Crippen LogP contribution >= 0.6 is 0 Å². The Labute approximate surface area is 170 Å². The Kier molecular flexibility index (Phi) is 7.35. The molecule has 2 aromatic rings. The zero-order valence-corrected chi connectivity index (χ0v) is 17.7. The molecule has 0 bridgehead atoms. The molecule has 0 heterocycles. The molecule has 0 aliphatic heterocycles. The molecule has 0 aromatic heterocycles. The number of likely N-dealkylation sites (N-methyl/N-ethyl adjacent to an activating group) is 1. The van der Waals surface area contributed by atoms with Crippen molar-refractivity contribution in [3.63, 3.8) is 0 Å². The van der Waals surface area contributed by atoms with Crippen molar-refractivity contribution in [1.82, 2.24) is 9.62 Å². The summed E-state index contributed by atoms with van der Waals surface area (Å²) in [6, 6.07) is 11.8. The molecule has 0 aliphatic carbocycles. The molecule has 156 valence electrons. The molecule has 9 heteroatoms. The summed E-state index contributed by atoms with van der Waals surface area (Å²) in [5.74, 6) is -0.265. The van der Waals surface area contributed by atoms with Crippen LogP contribution in [-0.4, -0.2) is 52.4 Å². The minimum absolute atomic E-state index is 0.130. The van der Waals surface area contributed by atoms with E-state index in [4.69, 9.17) is 4.74 Å². The largest absolute Gasteiger partial charge is 0.497 e. The van der Waals surface area contributed by atoms with Crippen molar-refractivity contribution in [2.24, 2.45) is 0 Å². The number of anilines is 1. The molecule has 2 rings (SSSR count). The predicted octanol–water partition coefficient (Wildman–Crippen LogP) is 1.69. The summed E-state index contributed by atoms with van der Waals surface area (Å²) >= 11 is 0. The molecular formula is C20H25N3O5S. The Bertz CT molecular complexity index is 988. The molecule has 2 aromatic carbocycles. The average Bonchev–Trinajstić information content (AvgIpc) is 2.68. The summed E-state index contributed by atoms with van der Waals surface area (Å²) in [4.78, 5) is 25.6. The van der Waals surface area contributed by atoms with Crippen molar-refractivity contribution in [3.8, 4) is 5.75 Å². The van der Waals surface area contributed by atoms with Crippen LogP contribution in [0.25, 0.3) is 0 Å². The van der Waals surface area contributed by atoms with E-state index in [2.05, 4.69) is 10.0 Å². The van der Waals surface area contributed by atoms with Crippen LogP contribution < -0.4 is 14.8 Å². The van der Waals surface area contributed by atoms with Crippen molar-refractivity contribution >= 4 is 27.5 Å². The lowest BCUT2D eigenvalue weighted by atomic mass is 10.2. The summed E-state index contributed by atoms with van der Waals surface area (Å²) in [5.41, 5.74) is 1.95. The monoisotopic (exact) mass is 419 g/mol. The van der Waals surface area contributed by atoms with Crippen LogP contribution in [0.1, 0.15) is 11.1 Å². The summed E-state index contributed by atoms with van der Waals surface area (Å²) in [7, 11) is -0.859. The van der Waals surface area contributed by atoms with E-state index < -0.39 is 28.4 Å². The highest BCUT2D eigenvalue weighted by Crippen LogP contribution is 2.16. The molecule has 2 N–H and O–H groups in total. The first kappa shape index (κ1) is 22.4. The molecule has 0 saturated heterocycles. The normalized spacial score (nSPS) is 11.0. The first-order valence-corrected chi connectivity index (χ1v) is 10.4. The molecule has 0 fully saturated rings. The van der Waals surface area contributed by atoms with Gasteiger partial charge in [0.2, 0.25) is 21.8 Å². The number of ether oxygens (including phenoxy) is 1. The van der Waals surface area contributed by atoms with E-state index in [1.165, 1.54) is 7.05 Å². The van der Waals surface area contributed by atoms with Crippen LogP contribution in [0.2, 0.25) is 0 Å². The first-order valence-electron chi connectivity index (χ1n) is 8.87. The summed E-state index contributed by atoms with van der Waals surface area (Å²) in [6.45, 7) is 2.82. The van der Waals surface area contributed by atoms with Gasteiger partial charge in [0.1, 0.15) is 5.75 Å². The van der Waals surface area contributed by atoms with Gasteiger partial charge in [-0.2, -0.15) is 0 Å². The number of aryl methyl sites for hydroxylation is 2. The molecule has 0 atom stereocenters. The Hall–Kier alpha value is -2.91. The van der Waals surface area contributed by atoms with Crippen molar-refractivity contribution in [2.75, 3.05) is 32.6 Å². The fraction of sp³-hybridized carbons (Fsp3) is 0.300. The quantitative estimate of drug-likeness (QED) is 0.678. The average molecular weight is 420 g/mol. The highest BCUT2D eigenvalue weighted by Gasteiger charge is 2.20. The third-order valence-corrected chi connectivity index (χ3v) is 5.77. The Morgan fingerprint density at radius 1 is 1.07 bits per heavy atom. The van der Waals surface area contributed by atoms with Crippen molar-refractivity contribution in [1.29, 1.82) is 0 Å². The van der Waals surface area contributed by atoms with Gasteiger partial charge in [0.15, 0.2) is 0 Å². The van der Waals surface area contributed by atoms with Gasteiger partial charge < -0.3 is 15.0 Å². The molecule has 0 radical (unpaired) electrons. The van der Waals surface area contributed by atoms with Crippen LogP contribution in [0.5, 0.6) is 5.75 Å². The van der Waals surface area contributed by atoms with Crippen LogP contribution in [0, 0.1) is 13.8 Å². The number of sulfonamides is 1. The van der Waals surface area contributed by atoms with Crippen LogP contribution in [-0.2, 0) is 19.6 Å². The number of nitrogens with zero attached hydrogens (tertiary/aromatic N) is 1. The maximum atomic E-state index is 12.5. The minimum atomic E-state index is -3.84. The van der Waals surface area contributed by atoms with Crippen LogP contribution in [0.15, 0.2) is 47.4 Å². The maximum absolute atomic E-state index is 12.5. The smallest absolute Gasteiger partial charge is 0.243 e. The van der Waals surface area contributed by atoms with E-state index >= 15 is 0 Å². The predicted molar refractivity (Wildman–Crippen MR) is 110 cm³/mol.